The second-order valence-electron chi connectivity index (χ2n) is 10.7. The van der Waals surface area contributed by atoms with Crippen LogP contribution >= 0.6 is 0 Å². The molecule has 182 valence electrons. The normalized spacial score (nSPS) is 23.7. The molecular formula is C29H54O2. The summed E-state index contributed by atoms with van der Waals surface area (Å²) in [5, 5.41) is 10.5. The van der Waals surface area contributed by atoms with E-state index in [0.29, 0.717) is 24.0 Å². The largest absolute Gasteiger partial charge is 0.393 e. The van der Waals surface area contributed by atoms with Gasteiger partial charge in [0, 0.05) is 0 Å². The molecule has 0 spiro atoms. The monoisotopic (exact) mass is 434 g/mol. The first-order chi connectivity index (χ1) is 14.7. The molecule has 6 unspecified atom stereocenters. The summed E-state index contributed by atoms with van der Waals surface area (Å²) in [6, 6.07) is 0. The molecule has 6 atom stereocenters. The van der Waals surface area contributed by atoms with Crippen LogP contribution in [0.3, 0.4) is 0 Å². The molecule has 0 saturated carbocycles. The van der Waals surface area contributed by atoms with Gasteiger partial charge in [-0.2, -0.15) is 0 Å². The molecule has 0 aromatic heterocycles. The average molecular weight is 435 g/mol. The van der Waals surface area contributed by atoms with E-state index in [1.165, 1.54) is 32.1 Å². The number of aliphatic hydroxyl groups is 1. The highest BCUT2D eigenvalue weighted by Gasteiger charge is 2.19. The van der Waals surface area contributed by atoms with E-state index in [1.807, 2.05) is 0 Å². The minimum atomic E-state index is -0.138. The highest BCUT2D eigenvalue weighted by Crippen LogP contribution is 2.31. The molecule has 1 N–H and O–H groups in total. The summed E-state index contributed by atoms with van der Waals surface area (Å²) in [6.07, 6.45) is 20.4. The van der Waals surface area contributed by atoms with Crippen LogP contribution in [0.15, 0.2) is 23.8 Å². The zero-order chi connectivity index (χ0) is 23.2. The highest BCUT2D eigenvalue weighted by molar-refractivity contribution is 5.08. The lowest BCUT2D eigenvalue weighted by Crippen LogP contribution is -2.16. The van der Waals surface area contributed by atoms with E-state index in [0.717, 1.165) is 50.4 Å². The van der Waals surface area contributed by atoms with Gasteiger partial charge in [0.15, 0.2) is 0 Å². The molecule has 0 heterocycles. The van der Waals surface area contributed by atoms with E-state index in [2.05, 4.69) is 66.7 Å². The van der Waals surface area contributed by atoms with E-state index < -0.39 is 0 Å². The first-order valence-corrected chi connectivity index (χ1v) is 13.4. The average Bonchev–Trinajstić information content (AvgIpc) is 2.71. The molecule has 2 nitrogen and oxygen atoms in total. The number of ether oxygens (including phenoxy) is 1. The van der Waals surface area contributed by atoms with E-state index in [-0.39, 0.29) is 6.10 Å². The SMILES string of the molecule is CCC(CC=CCCCC(C)OC(C)C)C(C)CCC(O)CCC1=CC(C)C(C)CC1. The maximum atomic E-state index is 10.5. The van der Waals surface area contributed by atoms with E-state index >= 15 is 0 Å². The third-order valence-corrected chi connectivity index (χ3v) is 7.49. The molecule has 1 aliphatic rings. The summed E-state index contributed by atoms with van der Waals surface area (Å²) in [7, 11) is 0. The van der Waals surface area contributed by atoms with Crippen LogP contribution in [-0.2, 0) is 4.74 Å². The molecule has 0 aromatic carbocycles. The third-order valence-electron chi connectivity index (χ3n) is 7.49. The predicted molar refractivity (Wildman–Crippen MR) is 136 cm³/mol. The Hall–Kier alpha value is -0.600. The molecule has 0 saturated heterocycles. The van der Waals surface area contributed by atoms with Crippen LogP contribution in [-0.4, -0.2) is 23.4 Å². The smallest absolute Gasteiger partial charge is 0.0550 e. The standard InChI is InChI=1S/C29H54O2/c1-8-28(14-12-10-9-11-13-26(7)31-22(2)3)24(5)16-19-29(30)20-18-27-17-15-23(4)25(6)21-27/h10,12,21-26,28-30H,8-9,11,13-20H2,1-7H3. The van der Waals surface area contributed by atoms with Gasteiger partial charge < -0.3 is 9.84 Å². The lowest BCUT2D eigenvalue weighted by Gasteiger charge is -2.25. The van der Waals surface area contributed by atoms with Gasteiger partial charge in [0.25, 0.3) is 0 Å². The van der Waals surface area contributed by atoms with Gasteiger partial charge >= 0.3 is 0 Å². The Bertz CT molecular complexity index is 507. The fourth-order valence-electron chi connectivity index (χ4n) is 4.94. The van der Waals surface area contributed by atoms with Crippen LogP contribution in [0, 0.1) is 23.7 Å². The number of unbranched alkanes of at least 4 members (excludes halogenated alkanes) is 1. The van der Waals surface area contributed by atoms with Crippen molar-refractivity contribution in [3.8, 4) is 0 Å². The van der Waals surface area contributed by atoms with Crippen molar-refractivity contribution in [3.63, 3.8) is 0 Å². The second kappa shape index (κ2) is 16.1. The van der Waals surface area contributed by atoms with E-state index in [9.17, 15) is 5.11 Å². The predicted octanol–water partition coefficient (Wildman–Crippen LogP) is 8.49. The Morgan fingerprint density at radius 3 is 2.45 bits per heavy atom. The topological polar surface area (TPSA) is 29.5 Å². The second-order valence-corrected chi connectivity index (χ2v) is 10.7. The molecule has 31 heavy (non-hydrogen) atoms. The summed E-state index contributed by atoms with van der Waals surface area (Å²) in [4.78, 5) is 0. The van der Waals surface area contributed by atoms with Gasteiger partial charge in [-0.25, -0.2) is 0 Å². The van der Waals surface area contributed by atoms with Crippen molar-refractivity contribution >= 4 is 0 Å². The lowest BCUT2D eigenvalue weighted by molar-refractivity contribution is 0.0136. The number of allylic oxidation sites excluding steroid dienone is 4. The first-order valence-electron chi connectivity index (χ1n) is 13.4. The van der Waals surface area contributed by atoms with Gasteiger partial charge in [-0.1, -0.05) is 57.9 Å². The fourth-order valence-corrected chi connectivity index (χ4v) is 4.94. The molecule has 0 aromatic rings. The van der Waals surface area contributed by atoms with Crippen LogP contribution in [0.4, 0.5) is 0 Å². The zero-order valence-electron chi connectivity index (χ0n) is 21.9. The third kappa shape index (κ3) is 12.9. The van der Waals surface area contributed by atoms with Gasteiger partial charge in [-0.3, -0.25) is 0 Å². The van der Waals surface area contributed by atoms with Crippen molar-refractivity contribution in [3.05, 3.63) is 23.8 Å². The molecule has 2 heteroatoms. The van der Waals surface area contributed by atoms with Crippen LogP contribution in [0.1, 0.15) is 119 Å². The summed E-state index contributed by atoms with van der Waals surface area (Å²) < 4.78 is 5.80. The fraction of sp³-hybridized carbons (Fsp3) is 0.862. The molecular weight excluding hydrogens is 380 g/mol. The molecule has 0 amide bonds. The number of hydrogen-bond donors (Lipinski definition) is 1. The molecule has 0 aliphatic heterocycles. The summed E-state index contributed by atoms with van der Waals surface area (Å²) in [5.41, 5.74) is 1.58. The van der Waals surface area contributed by atoms with Gasteiger partial charge in [-0.05, 0) is 109 Å². The van der Waals surface area contributed by atoms with Crippen molar-refractivity contribution in [2.75, 3.05) is 0 Å². The summed E-state index contributed by atoms with van der Waals surface area (Å²) in [6.45, 7) is 15.8. The molecule has 0 fully saturated rings. The Balaban J connectivity index is 2.21. The quantitative estimate of drug-likeness (QED) is 0.195. The van der Waals surface area contributed by atoms with Crippen molar-refractivity contribution in [1.82, 2.24) is 0 Å². The van der Waals surface area contributed by atoms with Gasteiger partial charge in [0.05, 0.1) is 18.3 Å². The minimum absolute atomic E-state index is 0.138. The Morgan fingerprint density at radius 1 is 1.06 bits per heavy atom. The van der Waals surface area contributed by atoms with Crippen LogP contribution < -0.4 is 0 Å². The molecule has 1 rings (SSSR count). The van der Waals surface area contributed by atoms with Crippen molar-refractivity contribution in [1.29, 1.82) is 0 Å². The first kappa shape index (κ1) is 28.4. The van der Waals surface area contributed by atoms with E-state index in [1.54, 1.807) is 5.57 Å². The van der Waals surface area contributed by atoms with Gasteiger partial charge in [0.1, 0.15) is 0 Å². The Morgan fingerprint density at radius 2 is 1.81 bits per heavy atom. The van der Waals surface area contributed by atoms with Gasteiger partial charge in [0.2, 0.25) is 0 Å². The highest BCUT2D eigenvalue weighted by atomic mass is 16.5. The van der Waals surface area contributed by atoms with Crippen LogP contribution in [0.5, 0.6) is 0 Å². The number of aliphatic hydroxyl groups excluding tert-OH is 1. The lowest BCUT2D eigenvalue weighted by atomic mass is 9.81. The maximum Gasteiger partial charge on any atom is 0.0550 e. The summed E-state index contributed by atoms with van der Waals surface area (Å²) >= 11 is 0. The van der Waals surface area contributed by atoms with Crippen molar-refractivity contribution < 1.29 is 9.84 Å². The van der Waals surface area contributed by atoms with E-state index in [4.69, 9.17) is 4.74 Å². The summed E-state index contributed by atoms with van der Waals surface area (Å²) in [5.74, 6) is 2.93. The van der Waals surface area contributed by atoms with Gasteiger partial charge in [-0.15, -0.1) is 0 Å². The molecule has 0 bridgehead atoms. The number of rotatable bonds is 16. The maximum absolute atomic E-state index is 10.5. The molecule has 1 aliphatic carbocycles. The van der Waals surface area contributed by atoms with Crippen molar-refractivity contribution in [2.45, 2.75) is 137 Å². The Kier molecular flexibility index (Phi) is 14.7. The van der Waals surface area contributed by atoms with Crippen LogP contribution in [0.25, 0.3) is 0 Å². The number of hydrogen-bond acceptors (Lipinski definition) is 2. The zero-order valence-corrected chi connectivity index (χ0v) is 21.9. The minimum Gasteiger partial charge on any atom is -0.393 e. The van der Waals surface area contributed by atoms with Crippen molar-refractivity contribution in [2.24, 2.45) is 23.7 Å². The Labute approximate surface area is 194 Å². The van der Waals surface area contributed by atoms with Crippen LogP contribution in [0.2, 0.25) is 0 Å². The molecule has 0 radical (unpaired) electrons.